The smallest absolute Gasteiger partial charge is 0.251 e. The first-order valence-corrected chi connectivity index (χ1v) is 10.3. The van der Waals surface area contributed by atoms with E-state index >= 15 is 0 Å². The zero-order chi connectivity index (χ0) is 20.1. The third-order valence-corrected chi connectivity index (χ3v) is 5.34. The molecule has 0 radical (unpaired) electrons. The Hall–Kier alpha value is -2.08. The maximum Gasteiger partial charge on any atom is 0.251 e. The molecule has 1 atom stereocenters. The molecule has 2 heterocycles. The fourth-order valence-electron chi connectivity index (χ4n) is 3.64. The second-order valence-corrected chi connectivity index (χ2v) is 8.76. The van der Waals surface area contributed by atoms with Gasteiger partial charge in [0.25, 0.3) is 5.91 Å². The second-order valence-electron chi connectivity index (χ2n) is 8.76. The van der Waals surface area contributed by atoms with Gasteiger partial charge in [0.05, 0.1) is 6.10 Å². The van der Waals surface area contributed by atoms with Crippen molar-refractivity contribution in [2.45, 2.75) is 58.6 Å². The standard InChI is InChI=1S/C22H32N2O4/c1-22(2,3)21(26)24-12-10-17(11-13-24)23-20(25)16-6-8-18(9-7-16)28-15-19-5-4-14-27-19/h6-9,17,19H,4-5,10-15H2,1-3H3,(H,23,25). The van der Waals surface area contributed by atoms with Crippen LogP contribution in [0, 0.1) is 5.41 Å². The van der Waals surface area contributed by atoms with E-state index in [0.717, 1.165) is 38.0 Å². The van der Waals surface area contributed by atoms with Gasteiger partial charge in [-0.05, 0) is 49.9 Å². The molecule has 154 valence electrons. The highest BCUT2D eigenvalue weighted by atomic mass is 16.5. The lowest BCUT2D eigenvalue weighted by Gasteiger charge is -2.36. The number of rotatable bonds is 5. The summed E-state index contributed by atoms with van der Waals surface area (Å²) in [5.41, 5.74) is 0.265. The molecule has 0 saturated carbocycles. The van der Waals surface area contributed by atoms with E-state index in [2.05, 4.69) is 5.32 Å². The van der Waals surface area contributed by atoms with Crippen molar-refractivity contribution in [3.63, 3.8) is 0 Å². The fraction of sp³-hybridized carbons (Fsp3) is 0.636. The number of hydrogen-bond acceptors (Lipinski definition) is 4. The maximum absolute atomic E-state index is 12.5. The number of likely N-dealkylation sites (tertiary alicyclic amines) is 1. The van der Waals surface area contributed by atoms with Crippen LogP contribution in [0.3, 0.4) is 0 Å². The molecule has 2 amide bonds. The molecule has 2 saturated heterocycles. The molecule has 0 aliphatic carbocycles. The molecule has 2 fully saturated rings. The second kappa shape index (κ2) is 8.95. The molecule has 6 nitrogen and oxygen atoms in total. The Morgan fingerprint density at radius 1 is 1.14 bits per heavy atom. The van der Waals surface area contributed by atoms with E-state index in [0.29, 0.717) is 25.3 Å². The third kappa shape index (κ3) is 5.47. The Labute approximate surface area is 167 Å². The minimum atomic E-state index is -0.357. The Bertz CT molecular complexity index is 667. The Kier molecular flexibility index (Phi) is 6.60. The molecule has 1 N–H and O–H groups in total. The number of carbonyl (C=O) groups is 2. The van der Waals surface area contributed by atoms with Crippen LogP contribution in [0.25, 0.3) is 0 Å². The summed E-state index contributed by atoms with van der Waals surface area (Å²) in [6.07, 6.45) is 3.89. The first-order valence-electron chi connectivity index (χ1n) is 10.3. The lowest BCUT2D eigenvalue weighted by molar-refractivity contribution is -0.140. The van der Waals surface area contributed by atoms with Crippen LogP contribution in [0.4, 0.5) is 0 Å². The summed E-state index contributed by atoms with van der Waals surface area (Å²) in [4.78, 5) is 26.8. The van der Waals surface area contributed by atoms with Crippen molar-refractivity contribution in [1.29, 1.82) is 0 Å². The minimum absolute atomic E-state index is 0.0775. The van der Waals surface area contributed by atoms with Gasteiger partial charge in [0, 0.05) is 36.7 Å². The van der Waals surface area contributed by atoms with Crippen molar-refractivity contribution in [3.8, 4) is 5.75 Å². The molecular formula is C22H32N2O4. The molecule has 0 aromatic heterocycles. The van der Waals surface area contributed by atoms with Gasteiger partial charge in [-0.15, -0.1) is 0 Å². The lowest BCUT2D eigenvalue weighted by Crippen LogP contribution is -2.49. The van der Waals surface area contributed by atoms with Gasteiger partial charge in [0.2, 0.25) is 5.91 Å². The first-order chi connectivity index (χ1) is 13.3. The number of ether oxygens (including phenoxy) is 2. The predicted molar refractivity (Wildman–Crippen MR) is 107 cm³/mol. The summed E-state index contributed by atoms with van der Waals surface area (Å²) < 4.78 is 11.3. The number of amides is 2. The van der Waals surface area contributed by atoms with Gasteiger partial charge in [0.1, 0.15) is 12.4 Å². The van der Waals surface area contributed by atoms with Crippen molar-refractivity contribution in [3.05, 3.63) is 29.8 Å². The molecule has 3 rings (SSSR count). The Morgan fingerprint density at radius 2 is 1.82 bits per heavy atom. The van der Waals surface area contributed by atoms with E-state index in [4.69, 9.17) is 9.47 Å². The van der Waals surface area contributed by atoms with Crippen LogP contribution in [-0.2, 0) is 9.53 Å². The third-order valence-electron chi connectivity index (χ3n) is 5.34. The molecule has 1 aromatic carbocycles. The molecule has 1 unspecified atom stereocenters. The molecular weight excluding hydrogens is 356 g/mol. The average molecular weight is 389 g/mol. The molecule has 28 heavy (non-hydrogen) atoms. The van der Waals surface area contributed by atoms with Crippen LogP contribution in [-0.4, -0.2) is 55.2 Å². The quantitative estimate of drug-likeness (QED) is 0.842. The van der Waals surface area contributed by atoms with Crippen LogP contribution in [0.15, 0.2) is 24.3 Å². The summed E-state index contributed by atoms with van der Waals surface area (Å²) in [5.74, 6) is 0.850. The highest BCUT2D eigenvalue weighted by Crippen LogP contribution is 2.21. The molecule has 2 aliphatic rings. The predicted octanol–water partition coefficient (Wildman–Crippen LogP) is 3.01. The summed E-state index contributed by atoms with van der Waals surface area (Å²) in [7, 11) is 0. The molecule has 1 aromatic rings. The van der Waals surface area contributed by atoms with Crippen LogP contribution in [0.1, 0.15) is 56.8 Å². The van der Waals surface area contributed by atoms with Crippen molar-refractivity contribution in [2.75, 3.05) is 26.3 Å². The van der Waals surface area contributed by atoms with Crippen LogP contribution >= 0.6 is 0 Å². The summed E-state index contributed by atoms with van der Waals surface area (Å²) in [5, 5.41) is 3.09. The van der Waals surface area contributed by atoms with E-state index in [1.54, 1.807) is 12.1 Å². The van der Waals surface area contributed by atoms with E-state index in [-0.39, 0.29) is 29.4 Å². The van der Waals surface area contributed by atoms with Gasteiger partial charge in [-0.25, -0.2) is 0 Å². The molecule has 0 spiro atoms. The van der Waals surface area contributed by atoms with Gasteiger partial charge in [0.15, 0.2) is 0 Å². The number of carbonyl (C=O) groups excluding carboxylic acids is 2. The van der Waals surface area contributed by atoms with E-state index in [1.807, 2.05) is 37.8 Å². The maximum atomic E-state index is 12.5. The van der Waals surface area contributed by atoms with Gasteiger partial charge in [-0.1, -0.05) is 20.8 Å². The highest BCUT2D eigenvalue weighted by molar-refractivity contribution is 5.94. The lowest BCUT2D eigenvalue weighted by atomic mass is 9.93. The highest BCUT2D eigenvalue weighted by Gasteiger charge is 2.30. The van der Waals surface area contributed by atoms with Gasteiger partial charge >= 0.3 is 0 Å². The van der Waals surface area contributed by atoms with Crippen LogP contribution in [0.5, 0.6) is 5.75 Å². The minimum Gasteiger partial charge on any atom is -0.491 e. The molecule has 0 bridgehead atoms. The molecule has 2 aliphatic heterocycles. The normalized spacial score (nSPS) is 20.8. The first kappa shape index (κ1) is 20.6. The van der Waals surface area contributed by atoms with Gasteiger partial charge in [-0.2, -0.15) is 0 Å². The van der Waals surface area contributed by atoms with Crippen LogP contribution in [0.2, 0.25) is 0 Å². The van der Waals surface area contributed by atoms with Crippen molar-refractivity contribution < 1.29 is 19.1 Å². The summed E-state index contributed by atoms with van der Waals surface area (Å²) in [6.45, 7) is 8.58. The van der Waals surface area contributed by atoms with Crippen molar-refractivity contribution in [2.24, 2.45) is 5.41 Å². The summed E-state index contributed by atoms with van der Waals surface area (Å²) >= 11 is 0. The number of nitrogens with one attached hydrogen (secondary N) is 1. The van der Waals surface area contributed by atoms with Gasteiger partial charge < -0.3 is 19.7 Å². The number of piperidine rings is 1. The largest absolute Gasteiger partial charge is 0.491 e. The Morgan fingerprint density at radius 3 is 2.39 bits per heavy atom. The summed E-state index contributed by atoms with van der Waals surface area (Å²) in [6, 6.07) is 7.34. The SMILES string of the molecule is CC(C)(C)C(=O)N1CCC(NC(=O)c2ccc(OCC3CCCO3)cc2)CC1. The average Bonchev–Trinajstić information content (AvgIpc) is 3.20. The molecule has 6 heteroatoms. The number of nitrogens with zero attached hydrogens (tertiary/aromatic N) is 1. The van der Waals surface area contributed by atoms with Gasteiger partial charge in [-0.3, -0.25) is 9.59 Å². The zero-order valence-electron chi connectivity index (χ0n) is 17.2. The van der Waals surface area contributed by atoms with Crippen LogP contribution < -0.4 is 10.1 Å². The number of hydrogen-bond donors (Lipinski definition) is 1. The monoisotopic (exact) mass is 388 g/mol. The number of benzene rings is 1. The fourth-order valence-corrected chi connectivity index (χ4v) is 3.64. The topological polar surface area (TPSA) is 67.9 Å². The zero-order valence-corrected chi connectivity index (χ0v) is 17.2. The van der Waals surface area contributed by atoms with Crippen molar-refractivity contribution >= 4 is 11.8 Å². The Balaban J connectivity index is 1.44. The van der Waals surface area contributed by atoms with E-state index in [1.165, 1.54) is 0 Å². The van der Waals surface area contributed by atoms with Crippen molar-refractivity contribution in [1.82, 2.24) is 10.2 Å². The van der Waals surface area contributed by atoms with E-state index in [9.17, 15) is 9.59 Å². The van der Waals surface area contributed by atoms with E-state index < -0.39 is 0 Å².